The minimum Gasteiger partial charge on any atom is -0.359 e. The molecule has 1 saturated heterocycles. The van der Waals surface area contributed by atoms with Crippen LogP contribution in [-0.2, 0) is 4.99 Å². The lowest BCUT2D eigenvalue weighted by atomic mass is 10.2. The molecular formula is C23H24ClN7S2. The third kappa shape index (κ3) is 4.68. The molecule has 0 amide bonds. The fourth-order valence-corrected chi connectivity index (χ4v) is 6.10. The molecular weight excluding hydrogens is 474 g/mol. The smallest absolute Gasteiger partial charge is 0.193 e. The van der Waals surface area contributed by atoms with E-state index in [-0.39, 0.29) is 0 Å². The van der Waals surface area contributed by atoms with E-state index in [0.717, 1.165) is 51.5 Å². The van der Waals surface area contributed by atoms with E-state index in [1.807, 2.05) is 56.6 Å². The quantitative estimate of drug-likeness (QED) is 0.487. The number of nitrogens with one attached hydrogen (secondary N) is 1. The van der Waals surface area contributed by atoms with E-state index >= 15 is 0 Å². The summed E-state index contributed by atoms with van der Waals surface area (Å²) >= 11 is 9.25. The Bertz CT molecular complexity index is 1230. The second-order valence-corrected chi connectivity index (χ2v) is 10.8. The van der Waals surface area contributed by atoms with Crippen molar-refractivity contribution in [1.82, 2.24) is 25.3 Å². The van der Waals surface area contributed by atoms with E-state index in [0.29, 0.717) is 10.2 Å². The predicted molar refractivity (Wildman–Crippen MR) is 135 cm³/mol. The van der Waals surface area contributed by atoms with Gasteiger partial charge in [-0.3, -0.25) is 10.7 Å². The van der Waals surface area contributed by atoms with Gasteiger partial charge >= 0.3 is 0 Å². The molecule has 170 valence electrons. The van der Waals surface area contributed by atoms with Crippen molar-refractivity contribution in [1.29, 1.82) is 0 Å². The third-order valence-electron chi connectivity index (χ3n) is 5.53. The Kier molecular flexibility index (Phi) is 6.22. The van der Waals surface area contributed by atoms with Gasteiger partial charge in [-0.05, 0) is 56.7 Å². The first-order chi connectivity index (χ1) is 15.9. The number of nitrogens with two attached hydrogens (primary N) is 1. The average Bonchev–Trinajstić information content (AvgIpc) is 3.46. The van der Waals surface area contributed by atoms with Crippen molar-refractivity contribution in [2.75, 3.05) is 18.0 Å². The molecule has 1 aromatic carbocycles. The lowest BCUT2D eigenvalue weighted by Crippen LogP contribution is -2.43. The van der Waals surface area contributed by atoms with Crippen molar-refractivity contribution in [3.05, 3.63) is 70.5 Å². The van der Waals surface area contributed by atoms with Crippen LogP contribution in [0.2, 0.25) is 5.02 Å². The number of nitrogens with zero attached hydrogens (tertiary/aromatic N) is 5. The first-order valence-corrected chi connectivity index (χ1v) is 12.8. The number of aryl methyl sites for hydroxylation is 2. The maximum Gasteiger partial charge on any atom is 0.193 e. The Morgan fingerprint density at radius 2 is 1.94 bits per heavy atom. The molecule has 2 aliphatic heterocycles. The number of thioether (sulfide) groups is 1. The summed E-state index contributed by atoms with van der Waals surface area (Å²) in [4.78, 5) is 22.0. The minimum atomic E-state index is -0.912. The van der Waals surface area contributed by atoms with Gasteiger partial charge in [0, 0.05) is 29.9 Å². The maximum atomic E-state index is 6.75. The molecule has 0 aliphatic carbocycles. The summed E-state index contributed by atoms with van der Waals surface area (Å²) in [6.45, 7) is 5.98. The lowest BCUT2D eigenvalue weighted by Gasteiger charge is -2.26. The monoisotopic (exact) mass is 497 g/mol. The standard InChI is InChI=1S/C23H24ClN7S2/c1-14-11-17(30-22(28-14)32-18-8-4-3-7-16(18)24)19-12-27-23(25,33-19)21-15(2)29-20(13-26-21)31-9-5-6-10-31/h3-4,7-8,11-13,27H,5-6,9-10,25H2,1-2H3. The topological polar surface area (TPSA) is 92.8 Å². The Morgan fingerprint density at radius 3 is 2.70 bits per heavy atom. The molecule has 10 heteroatoms. The molecule has 5 rings (SSSR count). The van der Waals surface area contributed by atoms with Gasteiger partial charge in [0.25, 0.3) is 0 Å². The van der Waals surface area contributed by atoms with Crippen LogP contribution < -0.4 is 16.0 Å². The van der Waals surface area contributed by atoms with Crippen LogP contribution >= 0.6 is 35.1 Å². The van der Waals surface area contributed by atoms with Gasteiger partial charge in [-0.1, -0.05) is 35.5 Å². The Hall–Kier alpha value is -2.33. The summed E-state index contributed by atoms with van der Waals surface area (Å²) in [6.07, 6.45) is 6.12. The van der Waals surface area contributed by atoms with Crippen molar-refractivity contribution in [3.63, 3.8) is 0 Å². The number of hydrogen-bond acceptors (Lipinski definition) is 9. The van der Waals surface area contributed by atoms with Crippen LogP contribution in [0.4, 0.5) is 5.82 Å². The van der Waals surface area contributed by atoms with Crippen molar-refractivity contribution < 1.29 is 0 Å². The van der Waals surface area contributed by atoms with E-state index in [2.05, 4.69) is 15.2 Å². The fraction of sp³-hybridized carbons (Fsp3) is 0.304. The van der Waals surface area contributed by atoms with Crippen LogP contribution in [0.25, 0.3) is 4.91 Å². The van der Waals surface area contributed by atoms with E-state index in [9.17, 15) is 0 Å². The lowest BCUT2D eigenvalue weighted by molar-refractivity contribution is 0.571. The number of halogens is 1. The van der Waals surface area contributed by atoms with Crippen molar-refractivity contribution in [3.8, 4) is 0 Å². The van der Waals surface area contributed by atoms with Crippen LogP contribution in [0.3, 0.4) is 0 Å². The van der Waals surface area contributed by atoms with Crippen molar-refractivity contribution in [2.45, 2.75) is 41.7 Å². The number of hydrogen-bond donors (Lipinski definition) is 2. The number of anilines is 1. The second kappa shape index (κ2) is 9.13. The van der Waals surface area contributed by atoms with Crippen LogP contribution in [0, 0.1) is 13.8 Å². The molecule has 0 bridgehead atoms. The summed E-state index contributed by atoms with van der Waals surface area (Å²) in [5.41, 5.74) is 9.97. The van der Waals surface area contributed by atoms with Crippen molar-refractivity contribution >= 4 is 45.8 Å². The summed E-state index contributed by atoms with van der Waals surface area (Å²) in [5, 5.41) is 4.62. The zero-order valence-corrected chi connectivity index (χ0v) is 20.8. The molecule has 1 fully saturated rings. The molecule has 0 saturated carbocycles. The average molecular weight is 498 g/mol. The molecule has 4 heterocycles. The molecule has 3 aromatic rings. The highest BCUT2D eigenvalue weighted by Gasteiger charge is 2.38. The summed E-state index contributed by atoms with van der Waals surface area (Å²) < 4.78 is 0. The van der Waals surface area contributed by atoms with E-state index in [1.165, 1.54) is 36.4 Å². The first kappa shape index (κ1) is 22.5. The molecule has 33 heavy (non-hydrogen) atoms. The zero-order chi connectivity index (χ0) is 23.0. The van der Waals surface area contributed by atoms with Crippen LogP contribution in [0.1, 0.15) is 35.6 Å². The van der Waals surface area contributed by atoms with Crippen LogP contribution in [-0.4, -0.2) is 33.0 Å². The summed E-state index contributed by atoms with van der Waals surface area (Å²) in [5.74, 6) is 0.918. The predicted octanol–water partition coefficient (Wildman–Crippen LogP) is 4.69. The number of rotatable bonds is 5. The number of benzene rings is 1. The Morgan fingerprint density at radius 1 is 1.15 bits per heavy atom. The van der Waals surface area contributed by atoms with Gasteiger partial charge in [-0.25, -0.2) is 15.0 Å². The maximum absolute atomic E-state index is 6.75. The van der Waals surface area contributed by atoms with Crippen molar-refractivity contribution in [2.24, 2.45) is 5.73 Å². The fourth-order valence-electron chi connectivity index (χ4n) is 3.92. The molecule has 2 aromatic heterocycles. The third-order valence-corrected chi connectivity index (χ3v) is 8.09. The minimum absolute atomic E-state index is 0.639. The molecule has 1 unspecified atom stereocenters. The highest BCUT2D eigenvalue weighted by Crippen LogP contribution is 2.44. The van der Waals surface area contributed by atoms with E-state index in [1.54, 1.807) is 0 Å². The van der Waals surface area contributed by atoms with Gasteiger partial charge in [0.1, 0.15) is 11.5 Å². The molecule has 3 N–H and O–H groups in total. The molecule has 2 aliphatic rings. The van der Waals surface area contributed by atoms with Gasteiger partial charge in [0.2, 0.25) is 0 Å². The SMILES string of the molecule is Cc1cc(C2=CNC(N)(c3ncc(N4CCCC4)nc3C)S2)nc(Sc2ccccc2Cl)n1. The van der Waals surface area contributed by atoms with Gasteiger partial charge in [-0.15, -0.1) is 0 Å². The molecule has 0 radical (unpaired) electrons. The summed E-state index contributed by atoms with van der Waals surface area (Å²) in [7, 11) is 0. The molecule has 7 nitrogen and oxygen atoms in total. The van der Waals surface area contributed by atoms with E-state index in [4.69, 9.17) is 32.3 Å². The highest BCUT2D eigenvalue weighted by molar-refractivity contribution is 8.09. The first-order valence-electron chi connectivity index (χ1n) is 10.7. The largest absolute Gasteiger partial charge is 0.359 e. The van der Waals surface area contributed by atoms with Crippen LogP contribution in [0.5, 0.6) is 0 Å². The highest BCUT2D eigenvalue weighted by atomic mass is 35.5. The summed E-state index contributed by atoms with van der Waals surface area (Å²) in [6, 6.07) is 9.63. The second-order valence-electron chi connectivity index (χ2n) is 8.06. The number of aromatic nitrogens is 4. The van der Waals surface area contributed by atoms with Gasteiger partial charge in [0.05, 0.1) is 27.5 Å². The Balaban J connectivity index is 1.37. The van der Waals surface area contributed by atoms with E-state index < -0.39 is 4.99 Å². The van der Waals surface area contributed by atoms with Crippen LogP contribution in [0.15, 0.2) is 52.8 Å². The molecule has 0 spiro atoms. The van der Waals surface area contributed by atoms with Gasteiger partial charge < -0.3 is 10.2 Å². The normalized spacial score (nSPS) is 20.1. The van der Waals surface area contributed by atoms with Gasteiger partial charge in [0.15, 0.2) is 10.2 Å². The molecule has 1 atom stereocenters. The van der Waals surface area contributed by atoms with Gasteiger partial charge in [-0.2, -0.15) is 0 Å². The Labute approximate surface area is 206 Å². The zero-order valence-electron chi connectivity index (χ0n) is 18.4.